The van der Waals surface area contributed by atoms with Crippen molar-refractivity contribution < 1.29 is 13.6 Å². The van der Waals surface area contributed by atoms with E-state index in [4.69, 9.17) is 27.6 Å². The molecule has 1 amide bonds. The number of aromatic nitrogens is 1. The molecule has 0 unspecified atom stereocenters. The summed E-state index contributed by atoms with van der Waals surface area (Å²) in [6.45, 7) is 1.76. The van der Waals surface area contributed by atoms with Crippen LogP contribution in [0.15, 0.2) is 83.5 Å². The number of amides is 1. The molecule has 34 heavy (non-hydrogen) atoms. The average molecular weight is 498 g/mol. The number of rotatable bonds is 9. The molecule has 3 aromatic carbocycles. The zero-order valence-corrected chi connectivity index (χ0v) is 19.7. The minimum atomic E-state index is -0.369. The van der Waals surface area contributed by atoms with Crippen LogP contribution in [-0.2, 0) is 26.2 Å². The summed E-state index contributed by atoms with van der Waals surface area (Å²) < 4.78 is 18.6. The van der Waals surface area contributed by atoms with Crippen molar-refractivity contribution in [1.29, 1.82) is 0 Å². The minimum Gasteiger partial charge on any atom is -0.447 e. The first-order chi connectivity index (χ1) is 16.5. The molecule has 0 fully saturated rings. The molecule has 0 aliphatic carbocycles. The van der Waals surface area contributed by atoms with Gasteiger partial charge in [0.05, 0.1) is 16.6 Å². The molecule has 0 spiro atoms. The fraction of sp³-hybridized carbons (Fsp3) is 0.154. The number of carbonyl (C=O) groups excluding carboxylic acids is 1. The Hall–Kier alpha value is -3.19. The second-order valence-electron chi connectivity index (χ2n) is 7.78. The van der Waals surface area contributed by atoms with Crippen LogP contribution < -0.4 is 5.32 Å². The second kappa shape index (κ2) is 11.3. The van der Waals surface area contributed by atoms with Crippen molar-refractivity contribution >= 4 is 29.1 Å². The summed E-state index contributed by atoms with van der Waals surface area (Å²) in [7, 11) is 0. The highest BCUT2D eigenvalue weighted by molar-refractivity contribution is 6.42. The second-order valence-corrected chi connectivity index (χ2v) is 8.56. The van der Waals surface area contributed by atoms with Crippen molar-refractivity contribution in [3.63, 3.8) is 0 Å². The maximum Gasteiger partial charge on any atom is 0.273 e. The molecule has 1 heterocycles. The number of halogens is 3. The molecule has 1 N–H and O–H groups in total. The van der Waals surface area contributed by atoms with E-state index in [2.05, 4.69) is 15.2 Å². The third-order valence-electron chi connectivity index (χ3n) is 5.18. The molecule has 1 aromatic heterocycles. The number of nitrogens with one attached hydrogen (secondary N) is 1. The van der Waals surface area contributed by atoms with E-state index in [1.165, 1.54) is 18.4 Å². The predicted octanol–water partition coefficient (Wildman–Crippen LogP) is 6.25. The number of hydrogen-bond donors (Lipinski definition) is 1. The fourth-order valence-corrected chi connectivity index (χ4v) is 3.85. The van der Waals surface area contributed by atoms with Gasteiger partial charge in [-0.2, -0.15) is 0 Å². The van der Waals surface area contributed by atoms with Gasteiger partial charge in [-0.15, -0.1) is 0 Å². The van der Waals surface area contributed by atoms with Crippen molar-refractivity contribution in [2.75, 3.05) is 0 Å². The van der Waals surface area contributed by atoms with Crippen molar-refractivity contribution in [2.45, 2.75) is 26.2 Å². The van der Waals surface area contributed by atoms with Gasteiger partial charge in [-0.1, -0.05) is 77.8 Å². The molecule has 0 saturated heterocycles. The van der Waals surface area contributed by atoms with Gasteiger partial charge in [-0.05, 0) is 34.9 Å². The topological polar surface area (TPSA) is 58.4 Å². The summed E-state index contributed by atoms with van der Waals surface area (Å²) in [5.74, 6) is -0.289. The van der Waals surface area contributed by atoms with Crippen molar-refractivity contribution in [1.82, 2.24) is 15.2 Å². The van der Waals surface area contributed by atoms with Crippen LogP contribution in [-0.4, -0.2) is 15.8 Å². The summed E-state index contributed by atoms with van der Waals surface area (Å²) in [4.78, 5) is 19.0. The first-order valence-electron chi connectivity index (χ1n) is 10.6. The third kappa shape index (κ3) is 6.44. The van der Waals surface area contributed by atoms with Gasteiger partial charge >= 0.3 is 0 Å². The third-order valence-corrected chi connectivity index (χ3v) is 6.04. The Balaban J connectivity index is 1.45. The minimum absolute atomic E-state index is 0.178. The zero-order valence-electron chi connectivity index (χ0n) is 18.2. The first-order valence-corrected chi connectivity index (χ1v) is 11.4. The number of benzene rings is 3. The van der Waals surface area contributed by atoms with Crippen LogP contribution in [0.1, 0.15) is 33.1 Å². The van der Waals surface area contributed by atoms with Crippen LogP contribution >= 0.6 is 23.2 Å². The van der Waals surface area contributed by atoms with Gasteiger partial charge in [0.2, 0.25) is 5.89 Å². The van der Waals surface area contributed by atoms with Crippen LogP contribution in [0.2, 0.25) is 10.0 Å². The molecule has 0 radical (unpaired) electrons. The van der Waals surface area contributed by atoms with Gasteiger partial charge in [0.15, 0.2) is 5.69 Å². The molecule has 0 aliphatic rings. The number of carbonyl (C=O) groups is 1. The van der Waals surface area contributed by atoms with Gasteiger partial charge in [-0.25, -0.2) is 9.37 Å². The summed E-state index contributed by atoms with van der Waals surface area (Å²) in [6, 6.07) is 21.5. The van der Waals surface area contributed by atoms with E-state index in [9.17, 15) is 9.18 Å². The number of oxazole rings is 1. The van der Waals surface area contributed by atoms with E-state index in [-0.39, 0.29) is 24.0 Å². The average Bonchev–Trinajstić information content (AvgIpc) is 3.31. The lowest BCUT2D eigenvalue weighted by Crippen LogP contribution is -2.24. The van der Waals surface area contributed by atoms with Gasteiger partial charge in [-0.3, -0.25) is 9.69 Å². The number of hydrogen-bond acceptors (Lipinski definition) is 4. The Morgan fingerprint density at radius 3 is 2.44 bits per heavy atom. The maximum absolute atomic E-state index is 13.0. The molecule has 0 saturated carbocycles. The van der Waals surface area contributed by atoms with Gasteiger partial charge in [0.25, 0.3) is 5.91 Å². The normalized spacial score (nSPS) is 11.1. The Bertz CT molecular complexity index is 1250. The molecule has 0 bridgehead atoms. The lowest BCUT2D eigenvalue weighted by atomic mass is 10.1. The molecule has 5 nitrogen and oxygen atoms in total. The highest BCUT2D eigenvalue weighted by Crippen LogP contribution is 2.27. The van der Waals surface area contributed by atoms with Crippen LogP contribution in [0.4, 0.5) is 4.39 Å². The van der Waals surface area contributed by atoms with Gasteiger partial charge in [0, 0.05) is 19.6 Å². The molecular weight excluding hydrogens is 476 g/mol. The Morgan fingerprint density at radius 1 is 0.912 bits per heavy atom. The van der Waals surface area contributed by atoms with E-state index in [0.29, 0.717) is 35.6 Å². The van der Waals surface area contributed by atoms with E-state index >= 15 is 0 Å². The summed E-state index contributed by atoms with van der Waals surface area (Å²) in [6.07, 6.45) is 1.34. The smallest absolute Gasteiger partial charge is 0.273 e. The lowest BCUT2D eigenvalue weighted by Gasteiger charge is -2.22. The molecular formula is C26H22Cl2FN3O2. The molecule has 8 heteroatoms. The van der Waals surface area contributed by atoms with Crippen LogP contribution in [0.25, 0.3) is 0 Å². The Labute approximate surface area is 207 Å². The highest BCUT2D eigenvalue weighted by Gasteiger charge is 2.17. The maximum atomic E-state index is 13.0. The van der Waals surface area contributed by atoms with Crippen LogP contribution in [0.3, 0.4) is 0 Å². The van der Waals surface area contributed by atoms with Gasteiger partial charge < -0.3 is 9.73 Å². The highest BCUT2D eigenvalue weighted by atomic mass is 35.5. The SMILES string of the molecule is O=C(NCc1ccc(F)cc1)c1coc(CN(Cc2ccccc2)Cc2cccc(Cl)c2Cl)n1. The van der Waals surface area contributed by atoms with Gasteiger partial charge in [0.1, 0.15) is 12.1 Å². The lowest BCUT2D eigenvalue weighted by molar-refractivity contribution is 0.0945. The standard InChI is InChI=1S/C26H22Cl2FN3O2/c27-22-8-4-7-20(25(22)28)15-32(14-19-5-2-1-3-6-19)16-24-31-23(17-34-24)26(33)30-13-18-9-11-21(29)12-10-18/h1-12,17H,13-16H2,(H,30,33). The number of nitrogens with zero attached hydrogens (tertiary/aromatic N) is 2. The summed E-state index contributed by atoms with van der Waals surface area (Å²) in [5, 5.41) is 3.77. The largest absolute Gasteiger partial charge is 0.447 e. The molecule has 4 rings (SSSR count). The first kappa shape index (κ1) is 24.0. The van der Waals surface area contributed by atoms with Crippen molar-refractivity contribution in [3.05, 3.63) is 123 Å². The van der Waals surface area contributed by atoms with Crippen LogP contribution in [0, 0.1) is 5.82 Å². The summed E-state index contributed by atoms with van der Waals surface area (Å²) in [5.41, 5.74) is 2.96. The van der Waals surface area contributed by atoms with Crippen molar-refractivity contribution in [2.24, 2.45) is 0 Å². The molecule has 0 aliphatic heterocycles. The zero-order chi connectivity index (χ0) is 23.9. The van der Waals surface area contributed by atoms with E-state index < -0.39 is 0 Å². The van der Waals surface area contributed by atoms with E-state index in [1.807, 2.05) is 42.5 Å². The molecule has 4 aromatic rings. The van der Waals surface area contributed by atoms with E-state index in [1.54, 1.807) is 18.2 Å². The molecule has 174 valence electrons. The van der Waals surface area contributed by atoms with Crippen LogP contribution in [0.5, 0.6) is 0 Å². The Kier molecular flexibility index (Phi) is 7.95. The molecule has 0 atom stereocenters. The fourth-order valence-electron chi connectivity index (χ4n) is 3.48. The van der Waals surface area contributed by atoms with E-state index in [0.717, 1.165) is 16.7 Å². The quantitative estimate of drug-likeness (QED) is 0.296. The van der Waals surface area contributed by atoms with Crippen molar-refractivity contribution in [3.8, 4) is 0 Å². The monoisotopic (exact) mass is 497 g/mol. The Morgan fingerprint density at radius 2 is 1.68 bits per heavy atom. The summed E-state index contributed by atoms with van der Waals surface area (Å²) >= 11 is 12.6. The predicted molar refractivity (Wildman–Crippen MR) is 130 cm³/mol.